The number of benzene rings is 2. The first kappa shape index (κ1) is 15.2. The third-order valence-corrected chi connectivity index (χ3v) is 3.54. The van der Waals surface area contributed by atoms with Gasteiger partial charge in [-0.15, -0.1) is 0 Å². The van der Waals surface area contributed by atoms with Gasteiger partial charge < -0.3 is 4.74 Å². The number of rotatable bonds is 6. The molecule has 0 spiro atoms. The quantitative estimate of drug-likeness (QED) is 0.263. The molecule has 0 aliphatic heterocycles. The molecule has 0 N–H and O–H groups in total. The molecule has 2 rings (SSSR count). The van der Waals surface area contributed by atoms with Gasteiger partial charge in [-0.1, -0.05) is 30.3 Å². The van der Waals surface area contributed by atoms with Crippen LogP contribution in [-0.4, -0.2) is 15.7 Å². The Balaban J connectivity index is 1.99. The standard InChI is InChI=1S/C15H12BrNO4/c16-15(17(19)20)14(18)12-6-8-13(9-7-12)21-10-11-4-2-1-3-5-11/h1-9,15H,10H2. The largest absolute Gasteiger partial charge is 0.489 e. The fourth-order valence-corrected chi connectivity index (χ4v) is 1.95. The molecule has 0 heterocycles. The highest BCUT2D eigenvalue weighted by atomic mass is 79.9. The lowest BCUT2D eigenvalue weighted by Gasteiger charge is -2.07. The van der Waals surface area contributed by atoms with E-state index in [1.54, 1.807) is 12.1 Å². The van der Waals surface area contributed by atoms with E-state index in [2.05, 4.69) is 15.9 Å². The van der Waals surface area contributed by atoms with E-state index in [1.807, 2.05) is 30.3 Å². The van der Waals surface area contributed by atoms with Crippen LogP contribution in [0.3, 0.4) is 0 Å². The van der Waals surface area contributed by atoms with Gasteiger partial charge in [-0.05, 0) is 29.8 Å². The normalized spacial score (nSPS) is 11.7. The van der Waals surface area contributed by atoms with Gasteiger partial charge >= 0.3 is 4.95 Å². The molecule has 0 amide bonds. The number of hydrogen-bond acceptors (Lipinski definition) is 4. The van der Waals surface area contributed by atoms with Gasteiger partial charge in [-0.2, -0.15) is 0 Å². The fourth-order valence-electron chi connectivity index (χ4n) is 1.69. The average Bonchev–Trinajstić information content (AvgIpc) is 2.53. The van der Waals surface area contributed by atoms with Gasteiger partial charge in [0.2, 0.25) is 5.78 Å². The molecule has 5 nitrogen and oxygen atoms in total. The lowest BCUT2D eigenvalue weighted by Crippen LogP contribution is -2.22. The number of carbonyl (C=O) groups is 1. The Labute approximate surface area is 129 Å². The zero-order valence-electron chi connectivity index (χ0n) is 10.9. The summed E-state index contributed by atoms with van der Waals surface area (Å²) in [4.78, 5) is 20.2. The Bertz CT molecular complexity index is 628. The minimum atomic E-state index is -1.42. The molecule has 0 radical (unpaired) electrons. The summed E-state index contributed by atoms with van der Waals surface area (Å²) in [5, 5.41) is 10.6. The molecular weight excluding hydrogens is 338 g/mol. The van der Waals surface area contributed by atoms with Gasteiger partial charge in [-0.25, -0.2) is 0 Å². The zero-order valence-corrected chi connectivity index (χ0v) is 12.5. The van der Waals surface area contributed by atoms with Gasteiger partial charge in [0.25, 0.3) is 0 Å². The number of nitro groups is 1. The summed E-state index contributed by atoms with van der Waals surface area (Å²) in [6, 6.07) is 15.9. The summed E-state index contributed by atoms with van der Waals surface area (Å²) >= 11 is 2.74. The fraction of sp³-hybridized carbons (Fsp3) is 0.133. The predicted octanol–water partition coefficient (Wildman–Crippen LogP) is 3.45. The van der Waals surface area contributed by atoms with Crippen molar-refractivity contribution in [3.05, 3.63) is 75.8 Å². The third kappa shape index (κ3) is 4.13. The number of ether oxygens (including phenoxy) is 1. The van der Waals surface area contributed by atoms with E-state index < -0.39 is 15.7 Å². The lowest BCUT2D eigenvalue weighted by atomic mass is 10.1. The van der Waals surface area contributed by atoms with Crippen molar-refractivity contribution >= 4 is 21.7 Å². The molecule has 0 saturated carbocycles. The predicted molar refractivity (Wildman–Crippen MR) is 81.3 cm³/mol. The van der Waals surface area contributed by atoms with E-state index >= 15 is 0 Å². The monoisotopic (exact) mass is 349 g/mol. The smallest absolute Gasteiger partial charge is 0.327 e. The van der Waals surface area contributed by atoms with Gasteiger partial charge in [0, 0.05) is 26.4 Å². The Morgan fingerprint density at radius 2 is 1.76 bits per heavy atom. The topological polar surface area (TPSA) is 69.4 Å². The van der Waals surface area contributed by atoms with Crippen LogP contribution in [0, 0.1) is 10.1 Å². The minimum absolute atomic E-state index is 0.264. The molecule has 0 bridgehead atoms. The van der Waals surface area contributed by atoms with Crippen molar-refractivity contribution in [2.75, 3.05) is 0 Å². The highest BCUT2D eigenvalue weighted by Gasteiger charge is 2.26. The summed E-state index contributed by atoms with van der Waals surface area (Å²) < 4.78 is 5.58. The van der Waals surface area contributed by atoms with Crippen LogP contribution >= 0.6 is 15.9 Å². The van der Waals surface area contributed by atoms with Crippen LogP contribution in [0.2, 0.25) is 0 Å². The van der Waals surface area contributed by atoms with E-state index in [-0.39, 0.29) is 5.56 Å². The van der Waals surface area contributed by atoms with E-state index in [0.717, 1.165) is 5.56 Å². The molecule has 1 unspecified atom stereocenters. The van der Waals surface area contributed by atoms with Crippen LogP contribution in [0.25, 0.3) is 0 Å². The number of ketones is 1. The maximum absolute atomic E-state index is 11.7. The number of carbonyl (C=O) groups excluding carboxylic acids is 1. The van der Waals surface area contributed by atoms with Gasteiger partial charge in [0.05, 0.1) is 0 Å². The molecule has 1 atom stereocenters. The van der Waals surface area contributed by atoms with Crippen LogP contribution in [0.5, 0.6) is 5.75 Å². The first-order valence-corrected chi connectivity index (χ1v) is 7.08. The van der Waals surface area contributed by atoms with Crippen molar-refractivity contribution in [2.24, 2.45) is 0 Å². The maximum atomic E-state index is 11.7. The van der Waals surface area contributed by atoms with E-state index in [4.69, 9.17) is 4.74 Å². The van der Waals surface area contributed by atoms with Crippen molar-refractivity contribution in [3.8, 4) is 5.75 Å². The van der Waals surface area contributed by atoms with Gasteiger partial charge in [0.1, 0.15) is 12.4 Å². The van der Waals surface area contributed by atoms with Crippen LogP contribution < -0.4 is 4.74 Å². The van der Waals surface area contributed by atoms with Crippen LogP contribution in [-0.2, 0) is 6.61 Å². The number of halogens is 1. The first-order chi connectivity index (χ1) is 10.1. The Morgan fingerprint density at radius 3 is 2.33 bits per heavy atom. The van der Waals surface area contributed by atoms with Crippen molar-refractivity contribution in [1.29, 1.82) is 0 Å². The highest BCUT2D eigenvalue weighted by molar-refractivity contribution is 9.09. The van der Waals surface area contributed by atoms with Crippen LogP contribution in [0.1, 0.15) is 15.9 Å². The summed E-state index contributed by atoms with van der Waals surface area (Å²) in [6.07, 6.45) is 0. The molecule has 2 aromatic rings. The molecule has 0 aromatic heterocycles. The first-order valence-electron chi connectivity index (χ1n) is 6.16. The van der Waals surface area contributed by atoms with Crippen molar-refractivity contribution in [1.82, 2.24) is 0 Å². The molecule has 0 saturated heterocycles. The van der Waals surface area contributed by atoms with Crippen molar-refractivity contribution < 1.29 is 14.5 Å². The van der Waals surface area contributed by atoms with Crippen molar-refractivity contribution in [3.63, 3.8) is 0 Å². The summed E-state index contributed by atoms with van der Waals surface area (Å²) in [7, 11) is 0. The molecule has 108 valence electrons. The SMILES string of the molecule is O=C(c1ccc(OCc2ccccc2)cc1)C(Br)[N+](=O)[O-]. The number of hydrogen-bond donors (Lipinski definition) is 0. The van der Waals surface area contributed by atoms with E-state index in [9.17, 15) is 14.9 Å². The molecule has 2 aromatic carbocycles. The second-order valence-electron chi connectivity index (χ2n) is 4.28. The van der Waals surface area contributed by atoms with Crippen LogP contribution in [0.4, 0.5) is 0 Å². The minimum Gasteiger partial charge on any atom is -0.489 e. The van der Waals surface area contributed by atoms with Gasteiger partial charge in [-0.3, -0.25) is 14.9 Å². The molecule has 0 aliphatic rings. The third-order valence-electron chi connectivity index (χ3n) is 2.79. The van der Waals surface area contributed by atoms with E-state index in [0.29, 0.717) is 12.4 Å². The van der Waals surface area contributed by atoms with Crippen molar-refractivity contribution in [2.45, 2.75) is 11.6 Å². The van der Waals surface area contributed by atoms with Gasteiger partial charge in [0.15, 0.2) is 0 Å². The molecular formula is C15H12BrNO4. The average molecular weight is 350 g/mol. The maximum Gasteiger partial charge on any atom is 0.327 e. The summed E-state index contributed by atoms with van der Waals surface area (Å²) in [6.45, 7) is 0.421. The summed E-state index contributed by atoms with van der Waals surface area (Å²) in [5.74, 6) is 0.0113. The number of alkyl halides is 1. The Hall–Kier alpha value is -2.21. The number of nitrogens with zero attached hydrogens (tertiary/aromatic N) is 1. The lowest BCUT2D eigenvalue weighted by molar-refractivity contribution is -0.477. The second kappa shape index (κ2) is 6.99. The Kier molecular flexibility index (Phi) is 5.05. The molecule has 0 aliphatic carbocycles. The van der Waals surface area contributed by atoms with Crippen LogP contribution in [0.15, 0.2) is 54.6 Å². The molecule has 0 fully saturated rings. The molecule has 6 heteroatoms. The zero-order chi connectivity index (χ0) is 15.2. The number of Topliss-reactive ketones (excluding diaryl/α,β-unsaturated/α-hetero) is 1. The van der Waals surface area contributed by atoms with E-state index in [1.165, 1.54) is 12.1 Å². The highest BCUT2D eigenvalue weighted by Crippen LogP contribution is 2.17. The second-order valence-corrected chi connectivity index (χ2v) is 5.15. The molecule has 21 heavy (non-hydrogen) atoms. The summed E-state index contributed by atoms with van der Waals surface area (Å²) in [5.41, 5.74) is 1.30. The Morgan fingerprint density at radius 1 is 1.14 bits per heavy atom.